The Bertz CT molecular complexity index is 346. The fourth-order valence-electron chi connectivity index (χ4n) is 1.36. The van der Waals surface area contributed by atoms with Crippen molar-refractivity contribution in [1.29, 1.82) is 0 Å². The maximum atomic E-state index is 5.28. The lowest BCUT2D eigenvalue weighted by atomic mass is 10.0. The lowest BCUT2D eigenvalue weighted by Crippen LogP contribution is -1.91. The van der Waals surface area contributed by atoms with Crippen molar-refractivity contribution in [3.63, 3.8) is 0 Å². The summed E-state index contributed by atoms with van der Waals surface area (Å²) < 4.78 is 5.28. The third-order valence-electron chi connectivity index (χ3n) is 2.05. The van der Waals surface area contributed by atoms with Gasteiger partial charge in [-0.1, -0.05) is 38.0 Å². The van der Waals surface area contributed by atoms with Crippen LogP contribution in [0.15, 0.2) is 31.9 Å². The van der Waals surface area contributed by atoms with Crippen LogP contribution in [-0.2, 0) is 0 Å². The van der Waals surface area contributed by atoms with Crippen molar-refractivity contribution in [1.82, 2.24) is 0 Å². The number of hydrogen-bond donors (Lipinski definition) is 0. The zero-order valence-electron chi connectivity index (χ0n) is 8.42. The van der Waals surface area contributed by atoms with Gasteiger partial charge in [0.2, 0.25) is 0 Å². The van der Waals surface area contributed by atoms with Crippen LogP contribution in [0.25, 0.3) is 18.2 Å². The van der Waals surface area contributed by atoms with E-state index in [0.29, 0.717) is 0 Å². The molecule has 0 aromatic heterocycles. The summed E-state index contributed by atoms with van der Waals surface area (Å²) in [6.07, 6.45) is 5.32. The maximum absolute atomic E-state index is 5.28. The molecule has 0 atom stereocenters. The van der Waals surface area contributed by atoms with Crippen molar-refractivity contribution in [3.8, 4) is 5.75 Å². The van der Waals surface area contributed by atoms with Gasteiger partial charge in [0.05, 0.1) is 7.11 Å². The van der Waals surface area contributed by atoms with Gasteiger partial charge in [0.15, 0.2) is 0 Å². The number of hydrogen-bond acceptors (Lipinski definition) is 1. The zero-order chi connectivity index (χ0) is 10.6. The first kappa shape index (κ1) is 10.3. The summed E-state index contributed by atoms with van der Waals surface area (Å²) in [6.45, 7) is 11.2. The van der Waals surface area contributed by atoms with Gasteiger partial charge in [-0.15, -0.1) is 0 Å². The fourth-order valence-corrected chi connectivity index (χ4v) is 1.36. The van der Waals surface area contributed by atoms with E-state index < -0.39 is 0 Å². The Labute approximate surface area is 85.0 Å². The van der Waals surface area contributed by atoms with Gasteiger partial charge in [-0.05, 0) is 17.7 Å². The number of ether oxygens (including phenoxy) is 1. The summed E-state index contributed by atoms with van der Waals surface area (Å²) >= 11 is 0. The second kappa shape index (κ2) is 4.47. The quantitative estimate of drug-likeness (QED) is 0.697. The molecule has 0 amide bonds. The first-order chi connectivity index (χ1) is 6.76. The molecule has 0 fully saturated rings. The molecule has 0 heterocycles. The van der Waals surface area contributed by atoms with Gasteiger partial charge < -0.3 is 4.74 Å². The monoisotopic (exact) mass is 186 g/mol. The van der Waals surface area contributed by atoms with E-state index in [1.165, 1.54) is 0 Å². The molecule has 1 aromatic carbocycles. The van der Waals surface area contributed by atoms with Crippen LogP contribution in [0.4, 0.5) is 0 Å². The van der Waals surface area contributed by atoms with Crippen LogP contribution in [0, 0.1) is 0 Å². The Morgan fingerprint density at radius 3 is 1.79 bits per heavy atom. The molecule has 0 saturated heterocycles. The maximum Gasteiger partial charge on any atom is 0.133 e. The molecule has 0 aliphatic rings. The minimum absolute atomic E-state index is 0.806. The Morgan fingerprint density at radius 1 is 1.00 bits per heavy atom. The van der Waals surface area contributed by atoms with E-state index in [1.54, 1.807) is 25.3 Å². The topological polar surface area (TPSA) is 9.23 Å². The fraction of sp³-hybridized carbons (Fsp3) is 0.0769. The van der Waals surface area contributed by atoms with Crippen molar-refractivity contribution in [2.24, 2.45) is 0 Å². The van der Waals surface area contributed by atoms with E-state index in [2.05, 4.69) is 19.7 Å². The average molecular weight is 186 g/mol. The molecule has 0 aliphatic carbocycles. The van der Waals surface area contributed by atoms with Crippen molar-refractivity contribution in [3.05, 3.63) is 48.6 Å². The molecule has 0 unspecified atom stereocenters. The normalized spacial score (nSPS) is 9.21. The Kier molecular flexibility index (Phi) is 3.29. The largest absolute Gasteiger partial charge is 0.496 e. The van der Waals surface area contributed by atoms with E-state index >= 15 is 0 Å². The summed E-state index contributed by atoms with van der Waals surface area (Å²) in [5, 5.41) is 0. The molecular formula is C13H14O. The van der Waals surface area contributed by atoms with Crippen molar-refractivity contribution in [2.75, 3.05) is 7.11 Å². The smallest absolute Gasteiger partial charge is 0.133 e. The second-order valence-corrected chi connectivity index (χ2v) is 2.84. The van der Waals surface area contributed by atoms with Crippen LogP contribution in [0.3, 0.4) is 0 Å². The molecule has 0 N–H and O–H groups in total. The number of rotatable bonds is 4. The molecule has 0 saturated carbocycles. The molecule has 0 radical (unpaired) electrons. The SMILES string of the molecule is C=Cc1cc(C=C)c(OC)c(C=C)c1. The highest BCUT2D eigenvalue weighted by Gasteiger charge is 2.05. The molecule has 0 spiro atoms. The molecule has 1 nitrogen and oxygen atoms in total. The highest BCUT2D eigenvalue weighted by atomic mass is 16.5. The van der Waals surface area contributed by atoms with E-state index in [0.717, 1.165) is 22.4 Å². The summed E-state index contributed by atoms with van der Waals surface area (Å²) in [7, 11) is 1.64. The highest BCUT2D eigenvalue weighted by molar-refractivity contribution is 5.70. The Hall–Kier alpha value is -1.76. The first-order valence-corrected chi connectivity index (χ1v) is 4.36. The summed E-state index contributed by atoms with van der Waals surface area (Å²) in [5.41, 5.74) is 2.95. The first-order valence-electron chi connectivity index (χ1n) is 4.36. The van der Waals surface area contributed by atoms with E-state index in [1.807, 2.05) is 12.1 Å². The van der Waals surface area contributed by atoms with Crippen LogP contribution in [0.2, 0.25) is 0 Å². The molecule has 0 aliphatic heterocycles. The van der Waals surface area contributed by atoms with Gasteiger partial charge in [0.25, 0.3) is 0 Å². The summed E-state index contributed by atoms with van der Waals surface area (Å²) in [5.74, 6) is 0.806. The lowest BCUT2D eigenvalue weighted by Gasteiger charge is -2.10. The van der Waals surface area contributed by atoms with Crippen LogP contribution in [0.1, 0.15) is 16.7 Å². The van der Waals surface area contributed by atoms with Gasteiger partial charge in [0, 0.05) is 11.1 Å². The number of benzene rings is 1. The standard InChI is InChI=1S/C13H14O/c1-5-10-8-11(6-2)13(14-4)12(7-3)9-10/h5-9H,1-3H2,4H3. The predicted molar refractivity (Wildman–Crippen MR) is 63.3 cm³/mol. The third kappa shape index (κ3) is 1.77. The van der Waals surface area contributed by atoms with E-state index in [-0.39, 0.29) is 0 Å². The molecule has 1 heteroatoms. The van der Waals surface area contributed by atoms with Crippen LogP contribution < -0.4 is 4.74 Å². The molecule has 14 heavy (non-hydrogen) atoms. The van der Waals surface area contributed by atoms with Crippen molar-refractivity contribution < 1.29 is 4.74 Å². The molecular weight excluding hydrogens is 172 g/mol. The van der Waals surface area contributed by atoms with Gasteiger partial charge in [-0.2, -0.15) is 0 Å². The van der Waals surface area contributed by atoms with E-state index in [9.17, 15) is 0 Å². The van der Waals surface area contributed by atoms with Crippen molar-refractivity contribution >= 4 is 18.2 Å². The third-order valence-corrected chi connectivity index (χ3v) is 2.05. The van der Waals surface area contributed by atoms with E-state index in [4.69, 9.17) is 4.74 Å². The van der Waals surface area contributed by atoms with Gasteiger partial charge in [0.1, 0.15) is 5.75 Å². The average Bonchev–Trinajstić information content (AvgIpc) is 2.26. The summed E-state index contributed by atoms with van der Waals surface area (Å²) in [4.78, 5) is 0. The molecule has 1 rings (SSSR count). The molecule has 1 aromatic rings. The van der Waals surface area contributed by atoms with Gasteiger partial charge in [-0.3, -0.25) is 0 Å². The minimum atomic E-state index is 0.806. The zero-order valence-corrected chi connectivity index (χ0v) is 8.42. The number of methoxy groups -OCH3 is 1. The highest BCUT2D eigenvalue weighted by Crippen LogP contribution is 2.28. The lowest BCUT2D eigenvalue weighted by molar-refractivity contribution is 0.413. The van der Waals surface area contributed by atoms with Gasteiger partial charge in [-0.25, -0.2) is 0 Å². The van der Waals surface area contributed by atoms with Crippen molar-refractivity contribution in [2.45, 2.75) is 0 Å². The Morgan fingerprint density at radius 2 is 1.50 bits per heavy atom. The Balaban J connectivity index is 3.46. The second-order valence-electron chi connectivity index (χ2n) is 2.84. The van der Waals surface area contributed by atoms with Gasteiger partial charge >= 0.3 is 0 Å². The predicted octanol–water partition coefficient (Wildman–Crippen LogP) is 3.62. The van der Waals surface area contributed by atoms with Crippen LogP contribution in [0.5, 0.6) is 5.75 Å². The van der Waals surface area contributed by atoms with Crippen LogP contribution in [-0.4, -0.2) is 7.11 Å². The minimum Gasteiger partial charge on any atom is -0.496 e. The van der Waals surface area contributed by atoms with Crippen LogP contribution >= 0.6 is 0 Å². The summed E-state index contributed by atoms with van der Waals surface area (Å²) in [6, 6.07) is 3.96. The molecule has 72 valence electrons. The molecule has 0 bridgehead atoms.